The summed E-state index contributed by atoms with van der Waals surface area (Å²) >= 11 is 0. The minimum absolute atomic E-state index is 0.624. The summed E-state index contributed by atoms with van der Waals surface area (Å²) < 4.78 is 19.8. The highest BCUT2D eigenvalue weighted by Gasteiger charge is 2.55. The van der Waals surface area contributed by atoms with E-state index in [9.17, 15) is 9.67 Å². The van der Waals surface area contributed by atoms with E-state index in [2.05, 4.69) is 4.52 Å². The molecule has 9 nitrogen and oxygen atoms in total. The lowest BCUT2D eigenvalue weighted by Gasteiger charge is -2.28. The van der Waals surface area contributed by atoms with Crippen LogP contribution in [0.4, 0.5) is 0 Å². The Morgan fingerprint density at radius 1 is 1.44 bits per heavy atom. The Morgan fingerprint density at radius 2 is 2.00 bits per heavy atom. The maximum atomic E-state index is 10.6. The summed E-state index contributed by atoms with van der Waals surface area (Å²) in [6.07, 6.45) is -4.35. The third kappa shape index (κ3) is 2.77. The van der Waals surface area contributed by atoms with Crippen LogP contribution >= 0.6 is 7.82 Å². The quantitative estimate of drug-likeness (QED) is 0.286. The summed E-state index contributed by atoms with van der Waals surface area (Å²) in [5.41, 5.74) is 3.49. The van der Waals surface area contributed by atoms with Gasteiger partial charge in [-0.2, -0.15) is 0 Å². The number of nitrogens with two attached hydrogens (primary N) is 1. The van der Waals surface area contributed by atoms with Crippen LogP contribution in [0.25, 0.3) is 0 Å². The van der Waals surface area contributed by atoms with E-state index >= 15 is 0 Å². The van der Waals surface area contributed by atoms with Gasteiger partial charge in [-0.25, -0.2) is 4.57 Å². The van der Waals surface area contributed by atoms with Crippen LogP contribution in [-0.2, 0) is 13.8 Å². The molecule has 0 aromatic heterocycles. The third-order valence-electron chi connectivity index (χ3n) is 2.22. The van der Waals surface area contributed by atoms with Crippen molar-refractivity contribution in [3.8, 4) is 0 Å². The predicted molar refractivity (Wildman–Crippen MR) is 48.9 cm³/mol. The molecule has 0 aliphatic carbocycles. The van der Waals surface area contributed by atoms with Crippen molar-refractivity contribution in [1.29, 1.82) is 0 Å². The average molecular weight is 259 g/mol. The van der Waals surface area contributed by atoms with Crippen LogP contribution in [0.1, 0.15) is 0 Å². The number of aliphatic hydroxyl groups is 3. The molecule has 96 valence electrons. The molecule has 4 atom stereocenters. The van der Waals surface area contributed by atoms with Crippen LogP contribution in [0.5, 0.6) is 0 Å². The van der Waals surface area contributed by atoms with Gasteiger partial charge >= 0.3 is 7.82 Å². The molecule has 1 fully saturated rings. The number of phosphoric acid groups is 1. The summed E-state index contributed by atoms with van der Waals surface area (Å²) in [6, 6.07) is 0. The van der Waals surface area contributed by atoms with E-state index in [-0.39, 0.29) is 0 Å². The van der Waals surface area contributed by atoms with Gasteiger partial charge < -0.3 is 29.8 Å². The topological polar surface area (TPSA) is 163 Å². The molecule has 1 heterocycles. The zero-order chi connectivity index (χ0) is 12.6. The van der Waals surface area contributed by atoms with Gasteiger partial charge in [-0.15, -0.1) is 0 Å². The maximum absolute atomic E-state index is 10.6. The van der Waals surface area contributed by atoms with E-state index < -0.39 is 45.1 Å². The molecule has 0 aromatic carbocycles. The summed E-state index contributed by atoms with van der Waals surface area (Å²) in [7, 11) is -4.90. The first-order valence-corrected chi connectivity index (χ1v) is 5.87. The van der Waals surface area contributed by atoms with Crippen molar-refractivity contribution < 1.29 is 38.9 Å². The Kier molecular flexibility index (Phi) is 4.06. The molecule has 0 aromatic rings. The molecule has 1 rings (SSSR count). The predicted octanol–water partition coefficient (Wildman–Crippen LogP) is -3.14. The molecule has 0 radical (unpaired) electrons. The van der Waals surface area contributed by atoms with E-state index in [0.717, 1.165) is 0 Å². The monoisotopic (exact) mass is 259 g/mol. The third-order valence-corrected chi connectivity index (χ3v) is 2.72. The van der Waals surface area contributed by atoms with Gasteiger partial charge in [0.2, 0.25) is 0 Å². The van der Waals surface area contributed by atoms with Crippen molar-refractivity contribution in [2.45, 2.75) is 24.0 Å². The van der Waals surface area contributed by atoms with E-state index in [1.165, 1.54) is 0 Å². The lowest BCUT2D eigenvalue weighted by Crippen LogP contribution is -2.54. The SMILES string of the molecule is NC1(CO)O[C@H](CO)[C@@H](O)[C@@H]1OP(=O)(O)O. The number of hydrogen-bond acceptors (Lipinski definition) is 7. The van der Waals surface area contributed by atoms with Crippen LogP contribution in [0.15, 0.2) is 0 Å². The molecule has 1 saturated heterocycles. The molecular formula is C6H14NO8P. The second kappa shape index (κ2) is 4.65. The summed E-state index contributed by atoms with van der Waals surface area (Å²) in [5, 5.41) is 27.3. The lowest BCUT2D eigenvalue weighted by atomic mass is 10.0. The standard InChI is InChI=1S/C6H14NO8P/c7-6(2-9)5(15-16(11,12)13)4(10)3(1-8)14-6/h3-5,8-10H,1-2,7H2,(H2,11,12,13)/t3-,4-,5+,6?/m1/s1. The fourth-order valence-electron chi connectivity index (χ4n) is 1.47. The fourth-order valence-corrected chi connectivity index (χ4v) is 2.07. The van der Waals surface area contributed by atoms with Gasteiger partial charge in [0.1, 0.15) is 18.3 Å². The number of rotatable bonds is 4. The summed E-state index contributed by atoms with van der Waals surface area (Å²) in [5.74, 6) is 0. The molecule has 1 aliphatic rings. The molecule has 10 heteroatoms. The Balaban J connectivity index is 2.90. The Morgan fingerprint density at radius 3 is 2.38 bits per heavy atom. The van der Waals surface area contributed by atoms with Gasteiger partial charge in [-0.05, 0) is 0 Å². The van der Waals surface area contributed by atoms with E-state index in [1.54, 1.807) is 0 Å². The van der Waals surface area contributed by atoms with Gasteiger partial charge in [0.15, 0.2) is 5.72 Å². The first-order chi connectivity index (χ1) is 7.23. The molecule has 0 saturated carbocycles. The van der Waals surface area contributed by atoms with Crippen molar-refractivity contribution in [2.24, 2.45) is 5.73 Å². The molecule has 0 amide bonds. The Bertz CT molecular complexity index is 294. The highest BCUT2D eigenvalue weighted by atomic mass is 31.2. The average Bonchev–Trinajstić information content (AvgIpc) is 2.41. The molecule has 0 spiro atoms. The smallest absolute Gasteiger partial charge is 0.394 e. The zero-order valence-corrected chi connectivity index (χ0v) is 9.03. The van der Waals surface area contributed by atoms with Gasteiger partial charge in [-0.1, -0.05) is 0 Å². The van der Waals surface area contributed by atoms with Crippen LogP contribution in [0, 0.1) is 0 Å². The molecular weight excluding hydrogens is 245 g/mol. The lowest BCUT2D eigenvalue weighted by molar-refractivity contribution is -0.112. The van der Waals surface area contributed by atoms with Crippen molar-refractivity contribution in [3.63, 3.8) is 0 Å². The minimum atomic E-state index is -4.90. The highest BCUT2D eigenvalue weighted by Crippen LogP contribution is 2.43. The molecule has 1 aliphatic heterocycles. The number of ether oxygens (including phenoxy) is 1. The van der Waals surface area contributed by atoms with Crippen molar-refractivity contribution in [3.05, 3.63) is 0 Å². The van der Waals surface area contributed by atoms with Crippen molar-refractivity contribution in [1.82, 2.24) is 0 Å². The second-order valence-electron chi connectivity index (χ2n) is 3.46. The van der Waals surface area contributed by atoms with Crippen molar-refractivity contribution >= 4 is 7.82 Å². The molecule has 16 heavy (non-hydrogen) atoms. The summed E-state index contributed by atoms with van der Waals surface area (Å²) in [4.78, 5) is 17.2. The van der Waals surface area contributed by atoms with Crippen LogP contribution in [-0.4, -0.2) is 62.4 Å². The molecule has 7 N–H and O–H groups in total. The maximum Gasteiger partial charge on any atom is 0.470 e. The highest BCUT2D eigenvalue weighted by molar-refractivity contribution is 7.46. The van der Waals surface area contributed by atoms with Gasteiger partial charge in [0, 0.05) is 0 Å². The fraction of sp³-hybridized carbons (Fsp3) is 1.00. The van der Waals surface area contributed by atoms with Crippen LogP contribution in [0.2, 0.25) is 0 Å². The summed E-state index contributed by atoms with van der Waals surface area (Å²) in [6.45, 7) is -1.45. The largest absolute Gasteiger partial charge is 0.470 e. The number of hydrogen-bond donors (Lipinski definition) is 6. The van der Waals surface area contributed by atoms with E-state index in [4.69, 9.17) is 30.5 Å². The zero-order valence-electron chi connectivity index (χ0n) is 8.13. The number of aliphatic hydroxyl groups excluding tert-OH is 3. The Labute approximate surface area is 90.6 Å². The molecule has 0 bridgehead atoms. The van der Waals surface area contributed by atoms with Crippen LogP contribution < -0.4 is 5.73 Å². The van der Waals surface area contributed by atoms with E-state index in [1.807, 2.05) is 0 Å². The van der Waals surface area contributed by atoms with E-state index in [0.29, 0.717) is 0 Å². The van der Waals surface area contributed by atoms with Gasteiger partial charge in [0.25, 0.3) is 0 Å². The Hall–Kier alpha value is -0.0900. The first kappa shape index (κ1) is 14.0. The minimum Gasteiger partial charge on any atom is -0.394 e. The molecule has 1 unspecified atom stereocenters. The van der Waals surface area contributed by atoms with Gasteiger partial charge in [0.05, 0.1) is 13.2 Å². The number of phosphoric ester groups is 1. The normalized spacial score (nSPS) is 40.2. The first-order valence-electron chi connectivity index (χ1n) is 4.34. The van der Waals surface area contributed by atoms with Gasteiger partial charge in [-0.3, -0.25) is 10.3 Å². The van der Waals surface area contributed by atoms with Crippen molar-refractivity contribution in [2.75, 3.05) is 13.2 Å². The second-order valence-corrected chi connectivity index (χ2v) is 4.65. The van der Waals surface area contributed by atoms with Crippen LogP contribution in [0.3, 0.4) is 0 Å².